The normalized spacial score (nSPS) is 11.5. The Morgan fingerprint density at radius 1 is 0.771 bits per heavy atom. The van der Waals surface area contributed by atoms with Gasteiger partial charge in [0.1, 0.15) is 0 Å². The molecule has 0 bridgehead atoms. The second-order valence-corrected chi connectivity index (χ2v) is 9.19. The average Bonchev–Trinajstić information content (AvgIpc) is 2.85. The van der Waals surface area contributed by atoms with Gasteiger partial charge in [0.15, 0.2) is 0 Å². The van der Waals surface area contributed by atoms with Crippen LogP contribution in [0, 0.1) is 0 Å². The fraction of sp³-hybridized carbons (Fsp3) is 0.552. The molecule has 194 valence electrons. The van der Waals surface area contributed by atoms with Gasteiger partial charge in [0, 0.05) is 30.9 Å². The molecular formula is C29H41F3N2O. The summed E-state index contributed by atoms with van der Waals surface area (Å²) in [5.74, 6) is -0.0711. The smallest absolute Gasteiger partial charge is 0.367 e. The lowest BCUT2D eigenvalue weighted by Gasteiger charge is -2.23. The molecule has 0 aliphatic carbocycles. The Labute approximate surface area is 209 Å². The number of unbranched alkanes of at least 4 members (excludes halogenated alkanes) is 9. The fourth-order valence-corrected chi connectivity index (χ4v) is 4.15. The van der Waals surface area contributed by atoms with Crippen LogP contribution in [0.3, 0.4) is 0 Å². The van der Waals surface area contributed by atoms with Gasteiger partial charge < -0.3 is 10.2 Å². The van der Waals surface area contributed by atoms with Crippen LogP contribution in [0.1, 0.15) is 99.5 Å². The van der Waals surface area contributed by atoms with E-state index in [1.54, 1.807) is 12.1 Å². The van der Waals surface area contributed by atoms with Gasteiger partial charge in [-0.1, -0.05) is 76.8 Å². The van der Waals surface area contributed by atoms with Crippen molar-refractivity contribution in [3.8, 4) is 0 Å². The van der Waals surface area contributed by atoms with Crippen molar-refractivity contribution in [3.05, 3.63) is 65.2 Å². The number of nitrogens with zero attached hydrogens (tertiary/aromatic N) is 1. The number of carbonyl (C=O) groups is 1. The molecule has 6 heteroatoms. The van der Waals surface area contributed by atoms with E-state index in [4.69, 9.17) is 0 Å². The maximum Gasteiger partial charge on any atom is 0.416 e. The highest BCUT2D eigenvalue weighted by Gasteiger charge is 2.29. The van der Waals surface area contributed by atoms with E-state index < -0.39 is 11.7 Å². The van der Waals surface area contributed by atoms with Crippen LogP contribution >= 0.6 is 0 Å². The van der Waals surface area contributed by atoms with Crippen LogP contribution in [0.4, 0.5) is 18.9 Å². The van der Waals surface area contributed by atoms with Crippen LogP contribution in [-0.4, -0.2) is 19.0 Å². The summed E-state index contributed by atoms with van der Waals surface area (Å²) >= 11 is 0. The average molecular weight is 491 g/mol. The lowest BCUT2D eigenvalue weighted by molar-refractivity contribution is -0.137. The molecule has 1 N–H and O–H groups in total. The van der Waals surface area contributed by atoms with E-state index in [1.165, 1.54) is 63.5 Å². The van der Waals surface area contributed by atoms with Gasteiger partial charge in [-0.05, 0) is 55.3 Å². The number of amides is 1. The van der Waals surface area contributed by atoms with Gasteiger partial charge in [-0.25, -0.2) is 0 Å². The topological polar surface area (TPSA) is 32.3 Å². The molecular weight excluding hydrogens is 449 g/mol. The number of hydrogen-bond donors (Lipinski definition) is 1. The third kappa shape index (κ3) is 10.7. The molecule has 2 rings (SSSR count). The highest BCUT2D eigenvalue weighted by atomic mass is 19.4. The Bertz CT molecular complexity index is 848. The first-order valence-electron chi connectivity index (χ1n) is 13.1. The molecule has 2 aromatic rings. The third-order valence-corrected chi connectivity index (χ3v) is 6.35. The maximum atomic E-state index is 12.8. The molecule has 1 amide bonds. The van der Waals surface area contributed by atoms with E-state index in [9.17, 15) is 18.0 Å². The Morgan fingerprint density at radius 2 is 1.31 bits per heavy atom. The van der Waals surface area contributed by atoms with Gasteiger partial charge >= 0.3 is 6.18 Å². The number of hydrogen-bond acceptors (Lipinski definition) is 2. The Kier molecular flexibility index (Phi) is 12.7. The predicted molar refractivity (Wildman–Crippen MR) is 139 cm³/mol. The standard InChI is InChI=1S/C29H41F3N2O/c1-3-5-6-7-8-9-10-11-12-13-22-33-28(35)25-16-20-27(21-17-25)34(4-2)23-24-14-18-26(19-15-24)29(30,31)32/h14-21H,3-13,22-23H2,1-2H3,(H,33,35). The van der Waals surface area contributed by atoms with Crippen LogP contribution in [0.15, 0.2) is 48.5 Å². The molecule has 3 nitrogen and oxygen atoms in total. The number of alkyl halides is 3. The molecule has 35 heavy (non-hydrogen) atoms. The SMILES string of the molecule is CCCCCCCCCCCCNC(=O)c1ccc(N(CC)Cc2ccc(C(F)(F)F)cc2)cc1. The largest absolute Gasteiger partial charge is 0.416 e. The Morgan fingerprint density at radius 3 is 1.83 bits per heavy atom. The van der Waals surface area contributed by atoms with Gasteiger partial charge in [0.2, 0.25) is 0 Å². The zero-order valence-corrected chi connectivity index (χ0v) is 21.3. The molecule has 0 radical (unpaired) electrons. The van der Waals surface area contributed by atoms with E-state index in [1.807, 2.05) is 19.1 Å². The highest BCUT2D eigenvalue weighted by Crippen LogP contribution is 2.29. The minimum Gasteiger partial charge on any atom is -0.367 e. The van der Waals surface area contributed by atoms with Crippen LogP contribution in [0.25, 0.3) is 0 Å². The summed E-state index contributed by atoms with van der Waals surface area (Å²) in [6.07, 6.45) is 8.33. The summed E-state index contributed by atoms with van der Waals surface area (Å²) in [6.45, 7) is 6.12. The zero-order valence-electron chi connectivity index (χ0n) is 21.3. The van der Waals surface area contributed by atoms with Crippen molar-refractivity contribution < 1.29 is 18.0 Å². The van der Waals surface area contributed by atoms with E-state index in [-0.39, 0.29) is 5.91 Å². The van der Waals surface area contributed by atoms with Gasteiger partial charge in [0.05, 0.1) is 5.56 Å². The minimum absolute atomic E-state index is 0.0711. The first-order chi connectivity index (χ1) is 16.8. The molecule has 0 saturated carbocycles. The number of carbonyl (C=O) groups excluding carboxylic acids is 1. The van der Waals surface area contributed by atoms with Crippen molar-refractivity contribution >= 4 is 11.6 Å². The quantitative estimate of drug-likeness (QED) is 0.240. The van der Waals surface area contributed by atoms with Gasteiger partial charge in [-0.3, -0.25) is 4.79 Å². The monoisotopic (exact) mass is 490 g/mol. The van der Waals surface area contributed by atoms with Crippen molar-refractivity contribution in [1.82, 2.24) is 5.32 Å². The lowest BCUT2D eigenvalue weighted by Crippen LogP contribution is -2.25. The molecule has 0 aliphatic heterocycles. The first-order valence-corrected chi connectivity index (χ1v) is 13.1. The second kappa shape index (κ2) is 15.5. The second-order valence-electron chi connectivity index (χ2n) is 9.19. The number of benzene rings is 2. The summed E-state index contributed by atoms with van der Waals surface area (Å²) < 4.78 is 38.3. The summed E-state index contributed by atoms with van der Waals surface area (Å²) in [5.41, 5.74) is 1.71. The van der Waals surface area contributed by atoms with Crippen LogP contribution in [0.5, 0.6) is 0 Å². The van der Waals surface area contributed by atoms with E-state index >= 15 is 0 Å². The van der Waals surface area contributed by atoms with Gasteiger partial charge in [0.25, 0.3) is 5.91 Å². The van der Waals surface area contributed by atoms with Crippen molar-refractivity contribution in [3.63, 3.8) is 0 Å². The highest BCUT2D eigenvalue weighted by molar-refractivity contribution is 5.94. The van der Waals surface area contributed by atoms with E-state index in [0.29, 0.717) is 25.2 Å². The molecule has 0 unspecified atom stereocenters. The number of halogens is 3. The maximum absolute atomic E-state index is 12.8. The fourth-order valence-electron chi connectivity index (χ4n) is 4.15. The summed E-state index contributed by atoms with van der Waals surface area (Å²) in [7, 11) is 0. The molecule has 0 fully saturated rings. The molecule has 0 heterocycles. The lowest BCUT2D eigenvalue weighted by atomic mass is 10.1. The van der Waals surface area contributed by atoms with Crippen molar-refractivity contribution in [2.24, 2.45) is 0 Å². The minimum atomic E-state index is -4.33. The Hall–Kier alpha value is -2.50. The molecule has 0 saturated heterocycles. The van der Waals surface area contributed by atoms with Gasteiger partial charge in [-0.15, -0.1) is 0 Å². The molecule has 0 spiro atoms. The number of anilines is 1. The van der Waals surface area contributed by atoms with Crippen molar-refractivity contribution in [1.29, 1.82) is 0 Å². The Balaban J connectivity index is 1.71. The van der Waals surface area contributed by atoms with Crippen LogP contribution in [-0.2, 0) is 12.7 Å². The van der Waals surface area contributed by atoms with E-state index in [0.717, 1.165) is 36.2 Å². The third-order valence-electron chi connectivity index (χ3n) is 6.35. The molecule has 0 aromatic heterocycles. The first kappa shape index (κ1) is 28.7. The number of nitrogens with one attached hydrogen (secondary N) is 1. The number of rotatable bonds is 16. The van der Waals surface area contributed by atoms with E-state index in [2.05, 4.69) is 17.1 Å². The molecule has 2 aromatic carbocycles. The van der Waals surface area contributed by atoms with Crippen molar-refractivity contribution in [2.45, 2.75) is 90.8 Å². The zero-order chi connectivity index (χ0) is 25.5. The summed E-state index contributed by atoms with van der Waals surface area (Å²) in [4.78, 5) is 14.5. The van der Waals surface area contributed by atoms with Gasteiger partial charge in [-0.2, -0.15) is 13.2 Å². The molecule has 0 atom stereocenters. The summed E-state index contributed by atoms with van der Waals surface area (Å²) in [5, 5.41) is 3.00. The van der Waals surface area contributed by atoms with Crippen molar-refractivity contribution in [2.75, 3.05) is 18.0 Å². The van der Waals surface area contributed by atoms with Crippen LogP contribution in [0.2, 0.25) is 0 Å². The summed E-state index contributed by atoms with van der Waals surface area (Å²) in [6, 6.07) is 12.7. The molecule has 0 aliphatic rings. The van der Waals surface area contributed by atoms with Crippen LogP contribution < -0.4 is 10.2 Å². The predicted octanol–water partition coefficient (Wildman–Crippen LogP) is 8.38.